The molecule has 1 N–H and O–H groups in total. The Balaban J connectivity index is 1.92. The van der Waals surface area contributed by atoms with Crippen molar-refractivity contribution in [3.8, 4) is 0 Å². The van der Waals surface area contributed by atoms with Crippen molar-refractivity contribution < 1.29 is 9.53 Å². The number of carbonyl (C=O) groups is 1. The number of hydrogen-bond donors (Lipinski definition) is 1. The van der Waals surface area contributed by atoms with Crippen LogP contribution in [-0.2, 0) is 16.0 Å². The molecule has 0 saturated heterocycles. The van der Waals surface area contributed by atoms with Gasteiger partial charge in [0.05, 0.1) is 12.2 Å². The first-order chi connectivity index (χ1) is 9.81. The Labute approximate surface area is 121 Å². The standard InChI is InChI=1S/C17H23NO2/c1-2-20-17(19)15-10-6-7-11-16(15)18-13-12-14-8-4-3-5-9-14/h3-5,8-9,18H,2,6-7,10-13H2,1H3. The Hall–Kier alpha value is -1.77. The number of rotatable bonds is 6. The zero-order valence-electron chi connectivity index (χ0n) is 12.2. The minimum atomic E-state index is -0.144. The molecule has 0 spiro atoms. The van der Waals surface area contributed by atoms with Gasteiger partial charge in [0.25, 0.3) is 0 Å². The lowest BCUT2D eigenvalue weighted by Gasteiger charge is -2.20. The molecule has 0 atom stereocenters. The monoisotopic (exact) mass is 273 g/mol. The van der Waals surface area contributed by atoms with Crippen LogP contribution in [0.15, 0.2) is 41.6 Å². The number of carbonyl (C=O) groups excluding carboxylic acids is 1. The van der Waals surface area contributed by atoms with Gasteiger partial charge in [-0.15, -0.1) is 0 Å². The molecule has 0 unspecified atom stereocenters. The van der Waals surface area contributed by atoms with Crippen molar-refractivity contribution in [2.45, 2.75) is 39.0 Å². The molecule has 0 radical (unpaired) electrons. The third-order valence-corrected chi connectivity index (χ3v) is 3.58. The van der Waals surface area contributed by atoms with Gasteiger partial charge in [0.1, 0.15) is 0 Å². The van der Waals surface area contributed by atoms with Gasteiger partial charge in [-0.3, -0.25) is 0 Å². The maximum Gasteiger partial charge on any atom is 0.335 e. The van der Waals surface area contributed by atoms with Gasteiger partial charge < -0.3 is 10.1 Å². The summed E-state index contributed by atoms with van der Waals surface area (Å²) in [7, 11) is 0. The van der Waals surface area contributed by atoms with Crippen LogP contribution in [0, 0.1) is 0 Å². The van der Waals surface area contributed by atoms with Gasteiger partial charge in [-0.05, 0) is 44.6 Å². The minimum absolute atomic E-state index is 0.144. The van der Waals surface area contributed by atoms with E-state index >= 15 is 0 Å². The quantitative estimate of drug-likeness (QED) is 0.809. The number of hydrogen-bond acceptors (Lipinski definition) is 3. The molecule has 3 nitrogen and oxygen atoms in total. The number of allylic oxidation sites excluding steroid dienone is 1. The Morgan fingerprint density at radius 1 is 1.20 bits per heavy atom. The lowest BCUT2D eigenvalue weighted by molar-refractivity contribution is -0.138. The van der Waals surface area contributed by atoms with Crippen LogP contribution in [0.5, 0.6) is 0 Å². The van der Waals surface area contributed by atoms with Crippen molar-refractivity contribution in [2.75, 3.05) is 13.2 Å². The molecule has 1 aliphatic carbocycles. The first-order valence-electron chi connectivity index (χ1n) is 7.48. The van der Waals surface area contributed by atoms with E-state index in [1.54, 1.807) is 0 Å². The third-order valence-electron chi connectivity index (χ3n) is 3.58. The van der Waals surface area contributed by atoms with E-state index in [4.69, 9.17) is 4.74 Å². The van der Waals surface area contributed by atoms with Crippen molar-refractivity contribution in [3.05, 3.63) is 47.2 Å². The summed E-state index contributed by atoms with van der Waals surface area (Å²) in [6.07, 6.45) is 5.00. The number of benzene rings is 1. The second-order valence-electron chi connectivity index (χ2n) is 5.05. The first-order valence-corrected chi connectivity index (χ1v) is 7.48. The highest BCUT2D eigenvalue weighted by molar-refractivity contribution is 5.89. The Morgan fingerprint density at radius 2 is 1.95 bits per heavy atom. The first kappa shape index (κ1) is 14.6. The Morgan fingerprint density at radius 3 is 2.70 bits per heavy atom. The molecule has 0 aromatic heterocycles. The highest BCUT2D eigenvalue weighted by atomic mass is 16.5. The molecule has 0 saturated carbocycles. The summed E-state index contributed by atoms with van der Waals surface area (Å²) in [6.45, 7) is 3.16. The Kier molecular flexibility index (Phi) is 5.66. The SMILES string of the molecule is CCOC(=O)C1=C(NCCc2ccccc2)CCCC1. The second-order valence-corrected chi connectivity index (χ2v) is 5.05. The molecule has 0 fully saturated rings. The lowest BCUT2D eigenvalue weighted by atomic mass is 9.96. The van der Waals surface area contributed by atoms with Crippen LogP contribution in [0.4, 0.5) is 0 Å². The van der Waals surface area contributed by atoms with Gasteiger partial charge in [0.15, 0.2) is 0 Å². The number of nitrogens with one attached hydrogen (secondary N) is 1. The fraction of sp³-hybridized carbons (Fsp3) is 0.471. The third kappa shape index (κ3) is 4.12. The molecule has 20 heavy (non-hydrogen) atoms. The van der Waals surface area contributed by atoms with Crippen molar-refractivity contribution in [2.24, 2.45) is 0 Å². The minimum Gasteiger partial charge on any atom is -0.463 e. The van der Waals surface area contributed by atoms with E-state index in [0.29, 0.717) is 6.61 Å². The molecule has 2 rings (SSSR count). The van der Waals surface area contributed by atoms with Crippen LogP contribution in [0.2, 0.25) is 0 Å². The number of esters is 1. The van der Waals surface area contributed by atoms with Gasteiger partial charge >= 0.3 is 5.97 Å². The molecule has 0 amide bonds. The molecule has 0 aliphatic heterocycles. The van der Waals surface area contributed by atoms with Gasteiger partial charge in [0, 0.05) is 12.2 Å². The fourth-order valence-corrected chi connectivity index (χ4v) is 2.55. The number of ether oxygens (including phenoxy) is 1. The van der Waals surface area contributed by atoms with E-state index in [1.807, 2.05) is 13.0 Å². The predicted octanol–water partition coefficient (Wildman–Crippen LogP) is 3.21. The summed E-state index contributed by atoms with van der Waals surface area (Å²) in [6, 6.07) is 10.4. The van der Waals surface area contributed by atoms with E-state index in [9.17, 15) is 4.79 Å². The van der Waals surface area contributed by atoms with Crippen LogP contribution in [0.3, 0.4) is 0 Å². The summed E-state index contributed by atoms with van der Waals surface area (Å²) in [5.74, 6) is -0.144. The summed E-state index contributed by atoms with van der Waals surface area (Å²) < 4.78 is 5.14. The molecule has 1 aliphatic rings. The van der Waals surface area contributed by atoms with Gasteiger partial charge in [-0.2, -0.15) is 0 Å². The van der Waals surface area contributed by atoms with Crippen LogP contribution >= 0.6 is 0 Å². The summed E-state index contributed by atoms with van der Waals surface area (Å²) in [5, 5.41) is 3.44. The van der Waals surface area contributed by atoms with E-state index in [0.717, 1.165) is 49.9 Å². The van der Waals surface area contributed by atoms with Crippen molar-refractivity contribution in [1.29, 1.82) is 0 Å². The molecule has 0 bridgehead atoms. The summed E-state index contributed by atoms with van der Waals surface area (Å²) in [5.41, 5.74) is 3.26. The maximum absolute atomic E-state index is 11.9. The molecule has 3 heteroatoms. The summed E-state index contributed by atoms with van der Waals surface area (Å²) in [4.78, 5) is 11.9. The molecule has 1 aromatic rings. The van der Waals surface area contributed by atoms with E-state index < -0.39 is 0 Å². The van der Waals surface area contributed by atoms with E-state index in [2.05, 4.69) is 29.6 Å². The molecular formula is C17H23NO2. The molecule has 1 aromatic carbocycles. The van der Waals surface area contributed by atoms with Crippen LogP contribution < -0.4 is 5.32 Å². The van der Waals surface area contributed by atoms with Crippen molar-refractivity contribution >= 4 is 5.97 Å². The average Bonchev–Trinajstić information content (AvgIpc) is 2.49. The summed E-state index contributed by atoms with van der Waals surface area (Å²) >= 11 is 0. The zero-order chi connectivity index (χ0) is 14.2. The highest BCUT2D eigenvalue weighted by Crippen LogP contribution is 2.24. The molecular weight excluding hydrogens is 250 g/mol. The van der Waals surface area contributed by atoms with E-state index in [-0.39, 0.29) is 5.97 Å². The fourth-order valence-electron chi connectivity index (χ4n) is 2.55. The van der Waals surface area contributed by atoms with Gasteiger partial charge in [0.2, 0.25) is 0 Å². The topological polar surface area (TPSA) is 38.3 Å². The van der Waals surface area contributed by atoms with Gasteiger partial charge in [-0.1, -0.05) is 30.3 Å². The van der Waals surface area contributed by atoms with Gasteiger partial charge in [-0.25, -0.2) is 4.79 Å². The molecule has 0 heterocycles. The van der Waals surface area contributed by atoms with Crippen molar-refractivity contribution in [1.82, 2.24) is 5.32 Å². The predicted molar refractivity (Wildman–Crippen MR) is 80.3 cm³/mol. The zero-order valence-corrected chi connectivity index (χ0v) is 12.2. The second kappa shape index (κ2) is 7.73. The highest BCUT2D eigenvalue weighted by Gasteiger charge is 2.19. The smallest absolute Gasteiger partial charge is 0.335 e. The average molecular weight is 273 g/mol. The van der Waals surface area contributed by atoms with E-state index in [1.165, 1.54) is 5.56 Å². The van der Waals surface area contributed by atoms with Crippen LogP contribution in [0.1, 0.15) is 38.2 Å². The normalized spacial score (nSPS) is 15.1. The molecule has 108 valence electrons. The van der Waals surface area contributed by atoms with Crippen LogP contribution in [0.25, 0.3) is 0 Å². The van der Waals surface area contributed by atoms with Crippen molar-refractivity contribution in [3.63, 3.8) is 0 Å². The lowest BCUT2D eigenvalue weighted by Crippen LogP contribution is -2.24. The largest absolute Gasteiger partial charge is 0.463 e. The maximum atomic E-state index is 11.9. The Bertz CT molecular complexity index is 465. The van der Waals surface area contributed by atoms with Crippen LogP contribution in [-0.4, -0.2) is 19.1 Å².